The molecule has 86 valence electrons. The molecular weight excluding hydrogens is 206 g/mol. The van der Waals surface area contributed by atoms with Gasteiger partial charge in [0.1, 0.15) is 0 Å². The lowest BCUT2D eigenvalue weighted by Gasteiger charge is -2.27. The van der Waals surface area contributed by atoms with Crippen molar-refractivity contribution < 1.29 is 9.53 Å². The first kappa shape index (κ1) is 10.9. The highest BCUT2D eigenvalue weighted by atomic mass is 16.5. The summed E-state index contributed by atoms with van der Waals surface area (Å²) in [5.74, 6) is 5.37. The predicted molar refractivity (Wildman–Crippen MR) is 61.0 cm³/mol. The van der Waals surface area contributed by atoms with Crippen LogP contribution in [0.1, 0.15) is 10.4 Å². The van der Waals surface area contributed by atoms with Crippen LogP contribution in [0.5, 0.6) is 0 Å². The zero-order valence-electron chi connectivity index (χ0n) is 8.98. The molecule has 5 nitrogen and oxygen atoms in total. The van der Waals surface area contributed by atoms with Gasteiger partial charge in [0.15, 0.2) is 0 Å². The van der Waals surface area contributed by atoms with Crippen LogP contribution >= 0.6 is 0 Å². The van der Waals surface area contributed by atoms with Gasteiger partial charge in [0.05, 0.1) is 24.5 Å². The van der Waals surface area contributed by atoms with Crippen molar-refractivity contribution >= 4 is 11.6 Å². The number of amides is 1. The molecule has 1 aliphatic rings. The summed E-state index contributed by atoms with van der Waals surface area (Å²) < 4.78 is 5.21. The molecule has 1 aliphatic heterocycles. The molecule has 1 aromatic carbocycles. The van der Waals surface area contributed by atoms with Crippen molar-refractivity contribution in [2.24, 2.45) is 5.84 Å². The first-order valence-electron chi connectivity index (χ1n) is 5.25. The van der Waals surface area contributed by atoms with Crippen LogP contribution in [0.4, 0.5) is 5.69 Å². The summed E-state index contributed by atoms with van der Waals surface area (Å²) >= 11 is 0. The van der Waals surface area contributed by atoms with Gasteiger partial charge in [-0.3, -0.25) is 10.6 Å². The van der Waals surface area contributed by atoms with E-state index in [0.29, 0.717) is 37.6 Å². The highest BCUT2D eigenvalue weighted by Gasteiger charge is 2.20. The van der Waals surface area contributed by atoms with E-state index in [9.17, 15) is 4.79 Å². The second-order valence-electron chi connectivity index (χ2n) is 3.59. The molecule has 0 atom stereocenters. The van der Waals surface area contributed by atoms with Crippen LogP contribution in [-0.4, -0.2) is 37.1 Å². The van der Waals surface area contributed by atoms with Gasteiger partial charge in [-0.2, -0.15) is 0 Å². The Kier molecular flexibility index (Phi) is 3.38. The third-order valence-electron chi connectivity index (χ3n) is 2.61. The number of anilines is 1. The van der Waals surface area contributed by atoms with Crippen LogP contribution in [-0.2, 0) is 4.74 Å². The average Bonchev–Trinajstić information content (AvgIpc) is 2.39. The number of nitrogens with zero attached hydrogens (tertiary/aromatic N) is 1. The molecule has 1 saturated heterocycles. The summed E-state index contributed by atoms with van der Waals surface area (Å²) in [6, 6.07) is 7.22. The molecule has 5 heteroatoms. The van der Waals surface area contributed by atoms with Gasteiger partial charge in [-0.05, 0) is 12.1 Å². The van der Waals surface area contributed by atoms with E-state index in [-0.39, 0.29) is 5.91 Å². The number of nitrogen functional groups attached to an aromatic ring is 1. The summed E-state index contributed by atoms with van der Waals surface area (Å²) in [5, 5.41) is 0. The van der Waals surface area contributed by atoms with E-state index in [0.717, 1.165) is 0 Å². The number of rotatable bonds is 2. The molecule has 0 aliphatic carbocycles. The molecule has 0 saturated carbocycles. The van der Waals surface area contributed by atoms with E-state index >= 15 is 0 Å². The first-order chi connectivity index (χ1) is 7.83. The maximum Gasteiger partial charge on any atom is 0.256 e. The Morgan fingerprint density at radius 2 is 2.00 bits per heavy atom. The fraction of sp³-hybridized carbons (Fsp3) is 0.364. The van der Waals surface area contributed by atoms with Crippen molar-refractivity contribution in [1.29, 1.82) is 0 Å². The lowest BCUT2D eigenvalue weighted by Crippen LogP contribution is -2.41. The Bertz CT molecular complexity index is 375. The summed E-state index contributed by atoms with van der Waals surface area (Å²) in [5.41, 5.74) is 3.79. The van der Waals surface area contributed by atoms with Crippen LogP contribution < -0.4 is 11.3 Å². The number of hydrogen-bond donors (Lipinski definition) is 2. The van der Waals surface area contributed by atoms with Gasteiger partial charge in [-0.15, -0.1) is 0 Å². The fourth-order valence-corrected chi connectivity index (χ4v) is 1.73. The van der Waals surface area contributed by atoms with Crippen molar-refractivity contribution in [3.8, 4) is 0 Å². The number of morpholine rings is 1. The number of carbonyl (C=O) groups is 1. The Morgan fingerprint density at radius 3 is 2.69 bits per heavy atom. The van der Waals surface area contributed by atoms with Gasteiger partial charge in [0.25, 0.3) is 5.91 Å². The molecule has 0 unspecified atom stereocenters. The molecule has 1 amide bonds. The van der Waals surface area contributed by atoms with Crippen LogP contribution in [0.2, 0.25) is 0 Å². The Balaban J connectivity index is 2.19. The van der Waals surface area contributed by atoms with Gasteiger partial charge >= 0.3 is 0 Å². The maximum absolute atomic E-state index is 12.2. The summed E-state index contributed by atoms with van der Waals surface area (Å²) in [7, 11) is 0. The molecule has 3 N–H and O–H groups in total. The minimum atomic E-state index is -0.00292. The minimum absolute atomic E-state index is 0.00292. The standard InChI is InChI=1S/C11H15N3O2/c12-13-10-4-2-1-3-9(10)11(15)14-5-7-16-8-6-14/h1-4,13H,5-8,12H2. The van der Waals surface area contributed by atoms with Crippen molar-refractivity contribution in [2.75, 3.05) is 31.7 Å². The Morgan fingerprint density at radius 1 is 1.31 bits per heavy atom. The molecule has 0 aromatic heterocycles. The highest BCUT2D eigenvalue weighted by molar-refractivity contribution is 5.99. The third kappa shape index (κ3) is 2.15. The number of nitrogens with one attached hydrogen (secondary N) is 1. The molecule has 0 spiro atoms. The maximum atomic E-state index is 12.2. The largest absolute Gasteiger partial charge is 0.378 e. The van der Waals surface area contributed by atoms with Crippen LogP contribution in [0.3, 0.4) is 0 Å². The van der Waals surface area contributed by atoms with E-state index in [2.05, 4.69) is 5.43 Å². The third-order valence-corrected chi connectivity index (χ3v) is 2.61. The van der Waals surface area contributed by atoms with E-state index in [1.54, 1.807) is 17.0 Å². The molecular formula is C11H15N3O2. The Labute approximate surface area is 94.1 Å². The highest BCUT2D eigenvalue weighted by Crippen LogP contribution is 2.16. The minimum Gasteiger partial charge on any atom is -0.378 e. The molecule has 1 fully saturated rings. The van der Waals surface area contributed by atoms with E-state index in [4.69, 9.17) is 10.6 Å². The molecule has 0 radical (unpaired) electrons. The lowest BCUT2D eigenvalue weighted by atomic mass is 10.1. The topological polar surface area (TPSA) is 67.6 Å². The quantitative estimate of drug-likeness (QED) is 0.562. The van der Waals surface area contributed by atoms with E-state index in [1.807, 2.05) is 12.1 Å². The van der Waals surface area contributed by atoms with Gasteiger partial charge in [-0.1, -0.05) is 12.1 Å². The van der Waals surface area contributed by atoms with Gasteiger partial charge in [0.2, 0.25) is 0 Å². The van der Waals surface area contributed by atoms with Crippen molar-refractivity contribution in [3.63, 3.8) is 0 Å². The van der Waals surface area contributed by atoms with Crippen LogP contribution in [0.25, 0.3) is 0 Å². The number of benzene rings is 1. The number of hydrogen-bond acceptors (Lipinski definition) is 4. The zero-order chi connectivity index (χ0) is 11.4. The van der Waals surface area contributed by atoms with Gasteiger partial charge in [-0.25, -0.2) is 0 Å². The normalized spacial score (nSPS) is 15.9. The molecule has 0 bridgehead atoms. The van der Waals surface area contributed by atoms with Gasteiger partial charge in [0, 0.05) is 13.1 Å². The second-order valence-corrected chi connectivity index (χ2v) is 3.59. The van der Waals surface area contributed by atoms with Gasteiger partial charge < -0.3 is 15.1 Å². The van der Waals surface area contributed by atoms with E-state index < -0.39 is 0 Å². The average molecular weight is 221 g/mol. The van der Waals surface area contributed by atoms with Crippen LogP contribution in [0.15, 0.2) is 24.3 Å². The van der Waals surface area contributed by atoms with Crippen molar-refractivity contribution in [1.82, 2.24) is 4.90 Å². The van der Waals surface area contributed by atoms with Crippen molar-refractivity contribution in [2.45, 2.75) is 0 Å². The van der Waals surface area contributed by atoms with E-state index in [1.165, 1.54) is 0 Å². The summed E-state index contributed by atoms with van der Waals surface area (Å²) in [4.78, 5) is 13.9. The summed E-state index contributed by atoms with van der Waals surface area (Å²) in [6.07, 6.45) is 0. The Hall–Kier alpha value is -1.59. The molecule has 1 aromatic rings. The first-order valence-corrected chi connectivity index (χ1v) is 5.25. The molecule has 16 heavy (non-hydrogen) atoms. The molecule has 1 heterocycles. The predicted octanol–water partition coefficient (Wildman–Crippen LogP) is 0.445. The smallest absolute Gasteiger partial charge is 0.256 e. The van der Waals surface area contributed by atoms with Crippen LogP contribution in [0, 0.1) is 0 Å². The molecule has 2 rings (SSSR count). The number of carbonyl (C=O) groups excluding carboxylic acids is 1. The number of nitrogens with two attached hydrogens (primary N) is 1. The number of ether oxygens (including phenoxy) is 1. The summed E-state index contributed by atoms with van der Waals surface area (Å²) in [6.45, 7) is 2.48. The lowest BCUT2D eigenvalue weighted by molar-refractivity contribution is 0.0303. The monoisotopic (exact) mass is 221 g/mol. The zero-order valence-corrected chi connectivity index (χ0v) is 8.98. The SMILES string of the molecule is NNc1ccccc1C(=O)N1CCOCC1. The second kappa shape index (κ2) is 4.96. The van der Waals surface area contributed by atoms with Crippen molar-refractivity contribution in [3.05, 3.63) is 29.8 Å². The fourth-order valence-electron chi connectivity index (χ4n) is 1.73. The number of hydrazine groups is 1. The number of para-hydroxylation sites is 1.